The Hall–Kier alpha value is -2.14. The first kappa shape index (κ1) is 14.3. The molecule has 1 aromatic heterocycles. The summed E-state index contributed by atoms with van der Waals surface area (Å²) < 4.78 is 23.5. The predicted molar refractivity (Wildman–Crippen MR) is 74.3 cm³/mol. The molecule has 0 spiro atoms. The van der Waals surface area contributed by atoms with Crippen molar-refractivity contribution in [3.05, 3.63) is 53.6 Å². The van der Waals surface area contributed by atoms with Crippen molar-refractivity contribution < 1.29 is 13.9 Å². The van der Waals surface area contributed by atoms with E-state index < -0.39 is 0 Å². The van der Waals surface area contributed by atoms with E-state index in [9.17, 15) is 4.39 Å². The van der Waals surface area contributed by atoms with E-state index in [1.807, 2.05) is 18.2 Å². The molecule has 4 nitrogen and oxygen atoms in total. The van der Waals surface area contributed by atoms with Crippen molar-refractivity contribution >= 4 is 0 Å². The molecule has 106 valence electrons. The van der Waals surface area contributed by atoms with Crippen molar-refractivity contribution in [1.29, 1.82) is 0 Å². The molecule has 0 radical (unpaired) electrons. The fraction of sp³-hybridized carbons (Fsp3) is 0.267. The van der Waals surface area contributed by atoms with Crippen LogP contribution >= 0.6 is 0 Å². The van der Waals surface area contributed by atoms with Gasteiger partial charge in [-0.25, -0.2) is 4.39 Å². The van der Waals surface area contributed by atoms with E-state index in [0.717, 1.165) is 22.6 Å². The summed E-state index contributed by atoms with van der Waals surface area (Å²) in [6, 6.07) is 7.11. The van der Waals surface area contributed by atoms with Crippen LogP contribution in [0.5, 0.6) is 11.5 Å². The number of hydrogen-bond acceptors (Lipinski definition) is 4. The van der Waals surface area contributed by atoms with Gasteiger partial charge in [-0.2, -0.15) is 0 Å². The van der Waals surface area contributed by atoms with Crippen LogP contribution in [-0.4, -0.2) is 19.2 Å². The topological polar surface area (TPSA) is 43.4 Å². The SMILES string of the molecule is COc1ccc(CNCc2cncc(F)c2)c(OC)c1. The zero-order valence-corrected chi connectivity index (χ0v) is 11.5. The minimum Gasteiger partial charge on any atom is -0.497 e. The van der Waals surface area contributed by atoms with E-state index in [2.05, 4.69) is 10.3 Å². The maximum Gasteiger partial charge on any atom is 0.141 e. The summed E-state index contributed by atoms with van der Waals surface area (Å²) in [6.07, 6.45) is 2.83. The van der Waals surface area contributed by atoms with Gasteiger partial charge in [0.15, 0.2) is 0 Å². The van der Waals surface area contributed by atoms with Gasteiger partial charge < -0.3 is 14.8 Å². The molecule has 1 heterocycles. The molecule has 20 heavy (non-hydrogen) atoms. The standard InChI is InChI=1S/C15H17FN2O2/c1-19-14-4-3-12(15(6-14)20-2)9-17-7-11-5-13(16)10-18-8-11/h3-6,8,10,17H,7,9H2,1-2H3. The molecule has 0 aliphatic heterocycles. The van der Waals surface area contributed by atoms with Crippen molar-refractivity contribution in [2.45, 2.75) is 13.1 Å². The summed E-state index contributed by atoms with van der Waals surface area (Å²) in [5.41, 5.74) is 1.81. The van der Waals surface area contributed by atoms with Crippen LogP contribution in [0.2, 0.25) is 0 Å². The van der Waals surface area contributed by atoms with Gasteiger partial charge in [-0.3, -0.25) is 4.98 Å². The lowest BCUT2D eigenvalue weighted by Gasteiger charge is -2.11. The average Bonchev–Trinajstić information content (AvgIpc) is 2.47. The Morgan fingerprint density at radius 2 is 1.95 bits per heavy atom. The molecule has 5 heteroatoms. The monoisotopic (exact) mass is 276 g/mol. The van der Waals surface area contributed by atoms with Gasteiger partial charge >= 0.3 is 0 Å². The highest BCUT2D eigenvalue weighted by atomic mass is 19.1. The molecule has 0 aliphatic carbocycles. The normalized spacial score (nSPS) is 10.3. The molecular weight excluding hydrogens is 259 g/mol. The lowest BCUT2D eigenvalue weighted by atomic mass is 10.2. The number of rotatable bonds is 6. The third kappa shape index (κ3) is 3.68. The summed E-state index contributed by atoms with van der Waals surface area (Å²) >= 11 is 0. The maximum atomic E-state index is 13.0. The van der Waals surface area contributed by atoms with Gasteiger partial charge in [0.1, 0.15) is 17.3 Å². The first-order chi connectivity index (χ1) is 9.72. The minimum absolute atomic E-state index is 0.327. The lowest BCUT2D eigenvalue weighted by Crippen LogP contribution is -2.13. The molecule has 0 saturated heterocycles. The van der Waals surface area contributed by atoms with E-state index in [-0.39, 0.29) is 5.82 Å². The fourth-order valence-electron chi connectivity index (χ4n) is 1.89. The van der Waals surface area contributed by atoms with Crippen molar-refractivity contribution in [1.82, 2.24) is 10.3 Å². The smallest absolute Gasteiger partial charge is 0.141 e. The zero-order chi connectivity index (χ0) is 14.4. The molecule has 0 atom stereocenters. The third-order valence-corrected chi connectivity index (χ3v) is 2.90. The minimum atomic E-state index is -0.327. The van der Waals surface area contributed by atoms with Crippen LogP contribution < -0.4 is 14.8 Å². The van der Waals surface area contributed by atoms with E-state index in [1.54, 1.807) is 20.4 Å². The molecule has 0 aliphatic rings. The molecule has 0 bridgehead atoms. The Balaban J connectivity index is 1.97. The van der Waals surface area contributed by atoms with Gasteiger partial charge in [-0.1, -0.05) is 6.07 Å². The maximum absolute atomic E-state index is 13.0. The molecule has 0 fully saturated rings. The first-order valence-corrected chi connectivity index (χ1v) is 6.24. The number of nitrogens with zero attached hydrogens (tertiary/aromatic N) is 1. The van der Waals surface area contributed by atoms with Crippen LogP contribution in [0.1, 0.15) is 11.1 Å². The van der Waals surface area contributed by atoms with Crippen LogP contribution in [0, 0.1) is 5.82 Å². The van der Waals surface area contributed by atoms with Crippen LogP contribution in [0.3, 0.4) is 0 Å². The molecule has 2 rings (SSSR count). The number of hydrogen-bond donors (Lipinski definition) is 1. The zero-order valence-electron chi connectivity index (χ0n) is 11.5. The van der Waals surface area contributed by atoms with Crippen LogP contribution in [0.15, 0.2) is 36.7 Å². The molecule has 1 aromatic carbocycles. The van der Waals surface area contributed by atoms with E-state index >= 15 is 0 Å². The quantitative estimate of drug-likeness (QED) is 0.880. The predicted octanol–water partition coefficient (Wildman–Crippen LogP) is 2.53. The van der Waals surface area contributed by atoms with Gasteiger partial charge in [-0.05, 0) is 17.7 Å². The van der Waals surface area contributed by atoms with Crippen molar-refractivity contribution in [2.24, 2.45) is 0 Å². The van der Waals surface area contributed by atoms with Gasteiger partial charge in [0.2, 0.25) is 0 Å². The number of halogens is 1. The summed E-state index contributed by atoms with van der Waals surface area (Å²) in [5, 5.41) is 3.23. The number of methoxy groups -OCH3 is 2. The summed E-state index contributed by atoms with van der Waals surface area (Å²) in [4.78, 5) is 3.81. The van der Waals surface area contributed by atoms with Gasteiger partial charge in [-0.15, -0.1) is 0 Å². The van der Waals surface area contributed by atoms with E-state index in [4.69, 9.17) is 9.47 Å². The van der Waals surface area contributed by atoms with Gasteiger partial charge in [0.25, 0.3) is 0 Å². The van der Waals surface area contributed by atoms with Crippen molar-refractivity contribution in [2.75, 3.05) is 14.2 Å². The van der Waals surface area contributed by atoms with E-state index in [1.165, 1.54) is 12.3 Å². The second-order valence-corrected chi connectivity index (χ2v) is 4.29. The van der Waals surface area contributed by atoms with Crippen LogP contribution in [-0.2, 0) is 13.1 Å². The number of ether oxygens (including phenoxy) is 2. The lowest BCUT2D eigenvalue weighted by molar-refractivity contribution is 0.390. The summed E-state index contributed by atoms with van der Waals surface area (Å²) in [7, 11) is 3.23. The third-order valence-electron chi connectivity index (χ3n) is 2.90. The largest absolute Gasteiger partial charge is 0.497 e. The van der Waals surface area contributed by atoms with Crippen molar-refractivity contribution in [3.63, 3.8) is 0 Å². The Morgan fingerprint density at radius 1 is 1.10 bits per heavy atom. The van der Waals surface area contributed by atoms with Crippen molar-refractivity contribution in [3.8, 4) is 11.5 Å². The second-order valence-electron chi connectivity index (χ2n) is 4.29. The molecule has 2 aromatic rings. The molecule has 0 unspecified atom stereocenters. The van der Waals surface area contributed by atoms with E-state index in [0.29, 0.717) is 13.1 Å². The highest BCUT2D eigenvalue weighted by molar-refractivity contribution is 5.40. The molecular formula is C15H17FN2O2. The highest BCUT2D eigenvalue weighted by Crippen LogP contribution is 2.24. The highest BCUT2D eigenvalue weighted by Gasteiger charge is 2.05. The fourth-order valence-corrected chi connectivity index (χ4v) is 1.89. The molecule has 0 saturated carbocycles. The Kier molecular flexibility index (Phi) is 4.90. The molecule has 1 N–H and O–H groups in total. The van der Waals surface area contributed by atoms with Crippen LogP contribution in [0.25, 0.3) is 0 Å². The summed E-state index contributed by atoms with van der Waals surface area (Å²) in [5.74, 6) is 1.18. The van der Waals surface area contributed by atoms with Gasteiger partial charge in [0.05, 0.1) is 20.4 Å². The number of nitrogens with one attached hydrogen (secondary N) is 1. The first-order valence-electron chi connectivity index (χ1n) is 6.24. The average molecular weight is 276 g/mol. The number of benzene rings is 1. The number of aromatic nitrogens is 1. The Morgan fingerprint density at radius 3 is 2.65 bits per heavy atom. The Bertz CT molecular complexity index is 576. The molecule has 0 amide bonds. The number of pyridine rings is 1. The summed E-state index contributed by atoms with van der Waals surface area (Å²) in [6.45, 7) is 1.16. The van der Waals surface area contributed by atoms with Gasteiger partial charge in [0, 0.05) is 30.9 Å². The Labute approximate surface area is 117 Å². The van der Waals surface area contributed by atoms with Crippen LogP contribution in [0.4, 0.5) is 4.39 Å². The second kappa shape index (κ2) is 6.86.